The number of aliphatic hydroxyl groups excluding tert-OH is 1. The van der Waals surface area contributed by atoms with Crippen LogP contribution in [0.3, 0.4) is 0 Å². The number of piperidine rings is 1. The molecule has 6 rings (SSSR count). The van der Waals surface area contributed by atoms with Crippen molar-refractivity contribution in [1.82, 2.24) is 15.1 Å². The van der Waals surface area contributed by atoms with E-state index in [1.165, 1.54) is 5.56 Å². The molecular weight excluding hydrogens is 542 g/mol. The largest absolute Gasteiger partial charge is 0.380 e. The van der Waals surface area contributed by atoms with Crippen LogP contribution in [0.5, 0.6) is 0 Å². The Hall–Kier alpha value is -3.92. The first-order chi connectivity index (χ1) is 19.9. The molecular formula is C31H32ClN5O4. The summed E-state index contributed by atoms with van der Waals surface area (Å²) in [6.45, 7) is 5.12. The van der Waals surface area contributed by atoms with Gasteiger partial charge in [-0.2, -0.15) is 0 Å². The minimum atomic E-state index is -0.956. The lowest BCUT2D eigenvalue weighted by molar-refractivity contribution is -0.131. The lowest BCUT2D eigenvalue weighted by Gasteiger charge is -2.36. The second kappa shape index (κ2) is 11.5. The fraction of sp³-hybridized carbons (Fsp3) is 0.323. The third kappa shape index (κ3) is 5.53. The van der Waals surface area contributed by atoms with E-state index in [0.29, 0.717) is 12.2 Å². The molecule has 3 heterocycles. The van der Waals surface area contributed by atoms with Crippen LogP contribution in [-0.4, -0.2) is 71.1 Å². The zero-order chi connectivity index (χ0) is 28.5. The van der Waals surface area contributed by atoms with E-state index >= 15 is 0 Å². The third-order valence-corrected chi connectivity index (χ3v) is 8.38. The summed E-state index contributed by atoms with van der Waals surface area (Å²) in [4.78, 5) is 44.6. The molecule has 0 aliphatic carbocycles. The highest BCUT2D eigenvalue weighted by atomic mass is 35.5. The van der Waals surface area contributed by atoms with Crippen LogP contribution in [-0.2, 0) is 17.9 Å². The van der Waals surface area contributed by atoms with Crippen molar-refractivity contribution in [3.63, 3.8) is 0 Å². The summed E-state index contributed by atoms with van der Waals surface area (Å²) in [7, 11) is 0. The molecule has 3 aliphatic rings. The first-order valence-electron chi connectivity index (χ1n) is 13.9. The number of halogens is 1. The van der Waals surface area contributed by atoms with Gasteiger partial charge >= 0.3 is 0 Å². The number of carbonyl (C=O) groups is 3. The maximum absolute atomic E-state index is 13.3. The number of nitrogens with zero attached hydrogens (tertiary/aromatic N) is 3. The molecule has 2 atom stereocenters. The van der Waals surface area contributed by atoms with Crippen LogP contribution in [0, 0.1) is 0 Å². The molecule has 0 saturated carbocycles. The monoisotopic (exact) mass is 573 g/mol. The van der Waals surface area contributed by atoms with Crippen LogP contribution in [0.4, 0.5) is 11.4 Å². The van der Waals surface area contributed by atoms with Gasteiger partial charge in [0.2, 0.25) is 5.91 Å². The number of carbonyl (C=O) groups excluding carboxylic acids is 3. The number of para-hydroxylation sites is 1. The lowest BCUT2D eigenvalue weighted by Crippen LogP contribution is -2.55. The number of piperazine rings is 1. The molecule has 0 radical (unpaired) electrons. The van der Waals surface area contributed by atoms with Crippen molar-refractivity contribution in [2.45, 2.75) is 38.2 Å². The zero-order valence-corrected chi connectivity index (χ0v) is 23.3. The summed E-state index contributed by atoms with van der Waals surface area (Å²) >= 11 is 6.38. The number of aliphatic hydroxyl groups is 1. The molecule has 212 valence electrons. The van der Waals surface area contributed by atoms with Crippen LogP contribution in [0.25, 0.3) is 0 Å². The number of nitrogens with one attached hydrogen (secondary N) is 2. The van der Waals surface area contributed by atoms with Gasteiger partial charge in [0.05, 0.1) is 21.8 Å². The van der Waals surface area contributed by atoms with E-state index in [0.717, 1.165) is 53.9 Å². The molecule has 41 heavy (non-hydrogen) atoms. The average molecular weight is 574 g/mol. The first-order valence-corrected chi connectivity index (χ1v) is 14.3. The van der Waals surface area contributed by atoms with Crippen LogP contribution >= 0.6 is 11.6 Å². The van der Waals surface area contributed by atoms with Gasteiger partial charge in [-0.3, -0.25) is 24.2 Å². The van der Waals surface area contributed by atoms with E-state index in [2.05, 4.69) is 50.8 Å². The Morgan fingerprint density at radius 2 is 1.59 bits per heavy atom. The molecule has 3 aromatic rings. The number of hydrogen-bond donors (Lipinski definition) is 3. The summed E-state index contributed by atoms with van der Waals surface area (Å²) in [5.74, 6) is -1.49. The molecule has 2 unspecified atom stereocenters. The molecule has 2 saturated heterocycles. The Bertz CT molecular complexity index is 1470. The minimum Gasteiger partial charge on any atom is -0.380 e. The van der Waals surface area contributed by atoms with Gasteiger partial charge in [-0.05, 0) is 48.2 Å². The molecule has 0 bridgehead atoms. The Morgan fingerprint density at radius 3 is 2.32 bits per heavy atom. The average Bonchev–Trinajstić information content (AvgIpc) is 3.23. The molecule has 3 aromatic carbocycles. The smallest absolute Gasteiger partial charge is 0.264 e. The predicted molar refractivity (Wildman–Crippen MR) is 157 cm³/mol. The number of hydrogen-bond acceptors (Lipinski definition) is 7. The van der Waals surface area contributed by atoms with E-state index in [1.54, 1.807) is 18.2 Å². The number of amides is 3. The van der Waals surface area contributed by atoms with E-state index in [1.807, 2.05) is 18.2 Å². The highest BCUT2D eigenvalue weighted by Crippen LogP contribution is 2.33. The van der Waals surface area contributed by atoms with Crippen LogP contribution in [0.1, 0.15) is 44.7 Å². The molecule has 10 heteroatoms. The van der Waals surface area contributed by atoms with E-state index in [-0.39, 0.29) is 24.0 Å². The van der Waals surface area contributed by atoms with Gasteiger partial charge in [0.25, 0.3) is 11.8 Å². The fourth-order valence-electron chi connectivity index (χ4n) is 5.83. The van der Waals surface area contributed by atoms with Crippen molar-refractivity contribution in [3.8, 4) is 0 Å². The van der Waals surface area contributed by atoms with Gasteiger partial charge < -0.3 is 20.6 Å². The quantitative estimate of drug-likeness (QED) is 0.372. The predicted octanol–water partition coefficient (Wildman–Crippen LogP) is 3.47. The van der Waals surface area contributed by atoms with Gasteiger partial charge in [0.1, 0.15) is 12.3 Å². The van der Waals surface area contributed by atoms with Crippen molar-refractivity contribution in [2.24, 2.45) is 0 Å². The highest BCUT2D eigenvalue weighted by Gasteiger charge is 2.45. The first kappa shape index (κ1) is 27.3. The normalized spacial score (nSPS) is 21.2. The molecule has 2 fully saturated rings. The van der Waals surface area contributed by atoms with Crippen molar-refractivity contribution in [3.05, 3.63) is 94.0 Å². The van der Waals surface area contributed by atoms with Gasteiger partial charge in [0, 0.05) is 45.0 Å². The summed E-state index contributed by atoms with van der Waals surface area (Å²) in [6, 6.07) is 20.6. The fourth-order valence-corrected chi connectivity index (χ4v) is 6.09. The maximum atomic E-state index is 13.3. The number of fused-ring (bicyclic) bond motifs is 1. The SMILES string of the molecule is O=C1NC(O)CCC1N1C(=O)c2cccc(NCc3ccc(CN4CCN(c5ccccc5Cl)CC4)cc3)c2C1=O. The van der Waals surface area contributed by atoms with Crippen LogP contribution < -0.4 is 15.5 Å². The van der Waals surface area contributed by atoms with E-state index in [4.69, 9.17) is 11.6 Å². The highest BCUT2D eigenvalue weighted by molar-refractivity contribution is 6.33. The van der Waals surface area contributed by atoms with Crippen molar-refractivity contribution >= 4 is 40.7 Å². The van der Waals surface area contributed by atoms with Gasteiger partial charge in [0.15, 0.2) is 0 Å². The summed E-state index contributed by atoms with van der Waals surface area (Å²) in [6.07, 6.45) is -0.448. The van der Waals surface area contributed by atoms with E-state index < -0.39 is 30.0 Å². The number of benzene rings is 3. The third-order valence-electron chi connectivity index (χ3n) is 8.06. The second-order valence-corrected chi connectivity index (χ2v) is 11.1. The van der Waals surface area contributed by atoms with Crippen molar-refractivity contribution in [1.29, 1.82) is 0 Å². The topological polar surface area (TPSA) is 105 Å². The van der Waals surface area contributed by atoms with Gasteiger partial charge in [-0.25, -0.2) is 0 Å². The number of rotatable bonds is 7. The van der Waals surface area contributed by atoms with Crippen LogP contribution in [0.15, 0.2) is 66.7 Å². The summed E-state index contributed by atoms with van der Waals surface area (Å²) in [5, 5.41) is 16.2. The van der Waals surface area contributed by atoms with Gasteiger partial charge in [-0.1, -0.05) is 54.1 Å². The van der Waals surface area contributed by atoms with Crippen molar-refractivity contribution in [2.75, 3.05) is 36.4 Å². The van der Waals surface area contributed by atoms with Gasteiger partial charge in [-0.15, -0.1) is 0 Å². The Labute approximate surface area is 243 Å². The lowest BCUT2D eigenvalue weighted by atomic mass is 10.0. The Balaban J connectivity index is 1.06. The summed E-state index contributed by atoms with van der Waals surface area (Å²) < 4.78 is 0. The van der Waals surface area contributed by atoms with Crippen LogP contribution in [0.2, 0.25) is 5.02 Å². The maximum Gasteiger partial charge on any atom is 0.264 e. The summed E-state index contributed by atoms with van der Waals surface area (Å²) in [5.41, 5.74) is 4.48. The van der Waals surface area contributed by atoms with Crippen molar-refractivity contribution < 1.29 is 19.5 Å². The minimum absolute atomic E-state index is 0.227. The number of anilines is 2. The zero-order valence-electron chi connectivity index (χ0n) is 22.6. The second-order valence-electron chi connectivity index (χ2n) is 10.7. The molecule has 3 amide bonds. The molecule has 0 aromatic heterocycles. The molecule has 9 nitrogen and oxygen atoms in total. The molecule has 0 spiro atoms. The Morgan fingerprint density at radius 1 is 0.854 bits per heavy atom. The van der Waals surface area contributed by atoms with E-state index in [9.17, 15) is 19.5 Å². The molecule has 3 N–H and O–H groups in total. The Kier molecular flexibility index (Phi) is 7.66. The standard InChI is InChI=1S/C31H32ClN5O4/c32-23-5-1-2-7-25(23)36-16-14-35(15-17-36)19-21-10-8-20(9-11-21)18-33-24-6-3-4-22-28(24)31(41)37(30(22)40)26-12-13-27(38)34-29(26)39/h1-11,26-27,33,38H,12-19H2,(H,34,39). The number of imide groups is 1. The molecule has 3 aliphatic heterocycles.